The predicted octanol–water partition coefficient (Wildman–Crippen LogP) is 5.01. The summed E-state index contributed by atoms with van der Waals surface area (Å²) in [4.78, 5) is 12.2. The van der Waals surface area contributed by atoms with Crippen LogP contribution in [0.25, 0.3) is 11.1 Å². The first-order valence-electron chi connectivity index (χ1n) is 8.11. The number of aryl methyl sites for hydroxylation is 1. The van der Waals surface area contributed by atoms with Crippen molar-refractivity contribution in [1.29, 1.82) is 5.26 Å². The molecule has 0 amide bonds. The Bertz CT molecular complexity index is 902. The molecule has 0 heterocycles. The van der Waals surface area contributed by atoms with E-state index in [2.05, 4.69) is 13.0 Å². The Labute approximate surface area is 147 Å². The number of benzene rings is 3. The van der Waals surface area contributed by atoms with Crippen LogP contribution < -0.4 is 4.74 Å². The molecule has 3 rings (SSSR count). The molecular formula is C22H17NO2. The molecule has 3 aromatic rings. The van der Waals surface area contributed by atoms with E-state index >= 15 is 0 Å². The Hall–Kier alpha value is -3.38. The molecule has 0 atom stereocenters. The van der Waals surface area contributed by atoms with Gasteiger partial charge in [0.25, 0.3) is 0 Å². The molecule has 3 heteroatoms. The predicted molar refractivity (Wildman–Crippen MR) is 97.4 cm³/mol. The fourth-order valence-electron chi connectivity index (χ4n) is 2.50. The Morgan fingerprint density at radius 3 is 1.96 bits per heavy atom. The molecular weight excluding hydrogens is 310 g/mol. The normalized spacial score (nSPS) is 10.1. The van der Waals surface area contributed by atoms with Gasteiger partial charge in [-0.1, -0.05) is 43.3 Å². The lowest BCUT2D eigenvalue weighted by Crippen LogP contribution is -2.08. The van der Waals surface area contributed by atoms with Crippen LogP contribution in [0.2, 0.25) is 0 Å². The molecule has 0 saturated carbocycles. The zero-order valence-corrected chi connectivity index (χ0v) is 13.9. The summed E-state index contributed by atoms with van der Waals surface area (Å²) in [5.74, 6) is 0.135. The molecule has 0 spiro atoms. The maximum Gasteiger partial charge on any atom is 0.343 e. The lowest BCUT2D eigenvalue weighted by molar-refractivity contribution is 0.0735. The largest absolute Gasteiger partial charge is 0.423 e. The number of hydrogen-bond acceptors (Lipinski definition) is 3. The average Bonchev–Trinajstić information content (AvgIpc) is 2.68. The topological polar surface area (TPSA) is 50.1 Å². The van der Waals surface area contributed by atoms with Crippen LogP contribution in [0.3, 0.4) is 0 Å². The first kappa shape index (κ1) is 16.5. The van der Waals surface area contributed by atoms with Crippen molar-refractivity contribution in [3.05, 3.63) is 89.5 Å². The molecule has 3 nitrogen and oxygen atoms in total. The van der Waals surface area contributed by atoms with Gasteiger partial charge in [0, 0.05) is 0 Å². The van der Waals surface area contributed by atoms with Crippen molar-refractivity contribution in [1.82, 2.24) is 0 Å². The number of rotatable bonds is 4. The van der Waals surface area contributed by atoms with Crippen LogP contribution >= 0.6 is 0 Å². The highest BCUT2D eigenvalue weighted by molar-refractivity contribution is 5.91. The number of ether oxygens (including phenoxy) is 1. The van der Waals surface area contributed by atoms with Crippen molar-refractivity contribution < 1.29 is 9.53 Å². The van der Waals surface area contributed by atoms with Crippen LogP contribution in [-0.2, 0) is 6.42 Å². The third kappa shape index (κ3) is 3.94. The summed E-state index contributed by atoms with van der Waals surface area (Å²) in [6.07, 6.45) is 0.937. The molecule has 0 radical (unpaired) electrons. The number of nitrogens with zero attached hydrogens (tertiary/aromatic N) is 1. The number of hydrogen-bond donors (Lipinski definition) is 0. The van der Waals surface area contributed by atoms with Gasteiger partial charge in [0.1, 0.15) is 5.75 Å². The second kappa shape index (κ2) is 7.46. The Morgan fingerprint density at radius 2 is 1.44 bits per heavy atom. The van der Waals surface area contributed by atoms with Crippen molar-refractivity contribution in [2.75, 3.05) is 0 Å². The Balaban J connectivity index is 1.71. The van der Waals surface area contributed by atoms with E-state index in [9.17, 15) is 4.79 Å². The quantitative estimate of drug-likeness (QED) is 0.500. The monoisotopic (exact) mass is 327 g/mol. The van der Waals surface area contributed by atoms with Gasteiger partial charge in [0.2, 0.25) is 0 Å². The molecule has 0 saturated heterocycles. The molecule has 3 aromatic carbocycles. The maximum absolute atomic E-state index is 12.2. The van der Waals surface area contributed by atoms with Gasteiger partial charge in [-0.3, -0.25) is 0 Å². The van der Waals surface area contributed by atoms with E-state index in [4.69, 9.17) is 10.00 Å². The summed E-state index contributed by atoms with van der Waals surface area (Å²) < 4.78 is 5.42. The van der Waals surface area contributed by atoms with E-state index in [1.54, 1.807) is 36.4 Å². The van der Waals surface area contributed by atoms with E-state index in [0.717, 1.165) is 17.5 Å². The number of nitriles is 1. The third-order valence-electron chi connectivity index (χ3n) is 4.01. The minimum Gasteiger partial charge on any atom is -0.423 e. The van der Waals surface area contributed by atoms with Gasteiger partial charge in [0.05, 0.1) is 17.2 Å². The van der Waals surface area contributed by atoms with Gasteiger partial charge < -0.3 is 4.74 Å². The lowest BCUT2D eigenvalue weighted by Gasteiger charge is -2.07. The van der Waals surface area contributed by atoms with Gasteiger partial charge in [-0.15, -0.1) is 0 Å². The second-order valence-electron chi connectivity index (χ2n) is 5.65. The van der Waals surface area contributed by atoms with Crippen molar-refractivity contribution in [2.24, 2.45) is 0 Å². The maximum atomic E-state index is 12.2. The van der Waals surface area contributed by atoms with Crippen LogP contribution in [-0.4, -0.2) is 5.97 Å². The standard InChI is InChI=1S/C22H17NO2/c1-2-16-3-9-20(10-4-16)22(24)25-21-13-11-19(12-14-21)18-7-5-17(15-23)6-8-18/h3-14H,2H2,1H3. The molecule has 0 fully saturated rings. The fourth-order valence-corrected chi connectivity index (χ4v) is 2.50. The molecule has 0 aromatic heterocycles. The molecule has 0 unspecified atom stereocenters. The summed E-state index contributed by atoms with van der Waals surface area (Å²) in [6, 6.07) is 24.2. The number of esters is 1. The van der Waals surface area contributed by atoms with Gasteiger partial charge in [-0.25, -0.2) is 4.79 Å². The Kier molecular flexibility index (Phi) is 4.92. The number of carbonyl (C=O) groups is 1. The minimum atomic E-state index is -0.367. The SMILES string of the molecule is CCc1ccc(C(=O)Oc2ccc(-c3ccc(C#N)cc3)cc2)cc1. The van der Waals surface area contributed by atoms with E-state index in [1.165, 1.54) is 5.56 Å². The van der Waals surface area contributed by atoms with Gasteiger partial charge in [0.15, 0.2) is 0 Å². The van der Waals surface area contributed by atoms with Crippen molar-refractivity contribution >= 4 is 5.97 Å². The third-order valence-corrected chi connectivity index (χ3v) is 4.01. The van der Waals surface area contributed by atoms with Crippen LogP contribution in [0.1, 0.15) is 28.4 Å². The zero-order chi connectivity index (χ0) is 17.6. The zero-order valence-electron chi connectivity index (χ0n) is 13.9. The number of carbonyl (C=O) groups excluding carboxylic acids is 1. The molecule has 0 bridgehead atoms. The highest BCUT2D eigenvalue weighted by Crippen LogP contribution is 2.23. The first-order valence-corrected chi connectivity index (χ1v) is 8.11. The van der Waals surface area contributed by atoms with Crippen molar-refractivity contribution in [3.8, 4) is 22.9 Å². The van der Waals surface area contributed by atoms with Crippen LogP contribution in [0, 0.1) is 11.3 Å². The summed E-state index contributed by atoms with van der Waals surface area (Å²) >= 11 is 0. The van der Waals surface area contributed by atoms with Crippen molar-refractivity contribution in [2.45, 2.75) is 13.3 Å². The van der Waals surface area contributed by atoms with E-state index < -0.39 is 0 Å². The fraction of sp³-hybridized carbons (Fsp3) is 0.0909. The van der Waals surface area contributed by atoms with E-state index in [0.29, 0.717) is 16.9 Å². The van der Waals surface area contributed by atoms with Crippen LogP contribution in [0.5, 0.6) is 5.75 Å². The van der Waals surface area contributed by atoms with Gasteiger partial charge in [-0.2, -0.15) is 5.26 Å². The smallest absolute Gasteiger partial charge is 0.343 e. The Morgan fingerprint density at radius 1 is 0.880 bits per heavy atom. The highest BCUT2D eigenvalue weighted by atomic mass is 16.5. The first-order chi connectivity index (χ1) is 12.2. The summed E-state index contributed by atoms with van der Waals surface area (Å²) in [7, 11) is 0. The van der Waals surface area contributed by atoms with E-state index in [-0.39, 0.29) is 5.97 Å². The summed E-state index contributed by atoms with van der Waals surface area (Å²) in [5.41, 5.74) is 4.35. The summed E-state index contributed by atoms with van der Waals surface area (Å²) in [5, 5.41) is 8.84. The van der Waals surface area contributed by atoms with E-state index in [1.807, 2.05) is 36.4 Å². The molecule has 0 aliphatic carbocycles. The molecule has 0 aliphatic rings. The molecule has 122 valence electrons. The molecule has 0 N–H and O–H groups in total. The van der Waals surface area contributed by atoms with Crippen LogP contribution in [0.15, 0.2) is 72.8 Å². The minimum absolute atomic E-state index is 0.367. The molecule has 0 aliphatic heterocycles. The second-order valence-corrected chi connectivity index (χ2v) is 5.65. The molecule has 25 heavy (non-hydrogen) atoms. The summed E-state index contributed by atoms with van der Waals surface area (Å²) in [6.45, 7) is 2.07. The highest BCUT2D eigenvalue weighted by Gasteiger charge is 2.08. The van der Waals surface area contributed by atoms with Crippen LogP contribution in [0.4, 0.5) is 0 Å². The average molecular weight is 327 g/mol. The van der Waals surface area contributed by atoms with Gasteiger partial charge >= 0.3 is 5.97 Å². The lowest BCUT2D eigenvalue weighted by atomic mass is 10.0. The van der Waals surface area contributed by atoms with Gasteiger partial charge in [-0.05, 0) is 59.5 Å². The van der Waals surface area contributed by atoms with Crippen molar-refractivity contribution in [3.63, 3.8) is 0 Å².